The fourth-order valence-corrected chi connectivity index (χ4v) is 0.146. The molecule has 0 fully saturated rings. The summed E-state index contributed by atoms with van der Waals surface area (Å²) in [6.07, 6.45) is 0.465. The maximum Gasteiger partial charge on any atom is 0.0739 e. The molecule has 0 radical (unpaired) electrons. The lowest BCUT2D eigenvalue weighted by atomic mass is 10.5. The maximum absolute atomic E-state index is 4.80. The quantitative estimate of drug-likeness (QED) is 0.305. The van der Waals surface area contributed by atoms with Crippen LogP contribution in [0.1, 0.15) is 6.42 Å². The Morgan fingerprint density at radius 3 is 1.71 bits per heavy atom. The molecule has 0 aliphatic rings. The van der Waals surface area contributed by atoms with E-state index in [0.29, 0.717) is 6.42 Å². The molecule has 0 aromatic heterocycles. The molecule has 0 saturated carbocycles. The van der Waals surface area contributed by atoms with Gasteiger partial charge in [-0.3, -0.25) is 0 Å². The zero-order valence-electron chi connectivity index (χ0n) is 3.86. The van der Waals surface area contributed by atoms with Gasteiger partial charge < -0.3 is 11.5 Å². The number of hydrogen-bond donors (Lipinski definition) is 2. The molecule has 0 saturated heterocycles. The summed E-state index contributed by atoms with van der Waals surface area (Å²) in [4.78, 5) is 0. The normalized spacial score (nSPS) is 4.57. The molecule has 0 aliphatic heterocycles. The second-order valence-corrected chi connectivity index (χ2v) is 0.819. The van der Waals surface area contributed by atoms with Crippen molar-refractivity contribution in [3.63, 3.8) is 0 Å². The summed E-state index contributed by atoms with van der Waals surface area (Å²) < 4.78 is 0. The fraction of sp³-hybridized carbons (Fsp3) is 0.200. The minimum Gasteiger partial charge on any atom is -0.359 e. The fourth-order valence-electron chi connectivity index (χ4n) is 0.146. The lowest BCUT2D eigenvalue weighted by Gasteiger charge is -1.63. The van der Waals surface area contributed by atoms with Gasteiger partial charge in [-0.05, 0) is 0 Å². The van der Waals surface area contributed by atoms with Crippen LogP contribution in [0.15, 0.2) is 0 Å². The second-order valence-electron chi connectivity index (χ2n) is 0.819. The van der Waals surface area contributed by atoms with Gasteiger partial charge in [0.05, 0.1) is 6.42 Å². The predicted molar refractivity (Wildman–Crippen MR) is 28.5 cm³/mol. The van der Waals surface area contributed by atoms with E-state index >= 15 is 0 Å². The minimum atomic E-state index is 0.465. The minimum absolute atomic E-state index is 0.465. The largest absolute Gasteiger partial charge is 0.359 e. The van der Waals surface area contributed by atoms with Gasteiger partial charge in [-0.15, -0.1) is 0 Å². The summed E-state index contributed by atoms with van der Waals surface area (Å²) in [5, 5.41) is 0. The summed E-state index contributed by atoms with van der Waals surface area (Å²) in [5.74, 6) is 5.05. The first-order chi connectivity index (χ1) is 3.41. The molecule has 4 N–H and O–H groups in total. The van der Waals surface area contributed by atoms with Crippen molar-refractivity contribution in [3.8, 4) is 23.9 Å². The van der Waals surface area contributed by atoms with Crippen molar-refractivity contribution in [3.05, 3.63) is 0 Å². The van der Waals surface area contributed by atoms with Crippen molar-refractivity contribution in [2.45, 2.75) is 6.42 Å². The molecule has 2 heteroatoms. The number of hydrogen-bond acceptors (Lipinski definition) is 2. The average molecular weight is 94.1 g/mol. The van der Waals surface area contributed by atoms with Gasteiger partial charge in [0.1, 0.15) is 0 Å². The molecule has 0 amide bonds. The Hall–Kier alpha value is -1.28. The van der Waals surface area contributed by atoms with E-state index in [1.165, 1.54) is 0 Å². The van der Waals surface area contributed by atoms with E-state index in [-0.39, 0.29) is 0 Å². The van der Waals surface area contributed by atoms with Gasteiger partial charge in [0, 0.05) is 12.1 Å². The first-order valence-electron chi connectivity index (χ1n) is 1.78. The summed E-state index contributed by atoms with van der Waals surface area (Å²) in [6.45, 7) is 0. The van der Waals surface area contributed by atoms with Crippen molar-refractivity contribution in [1.29, 1.82) is 0 Å². The van der Waals surface area contributed by atoms with E-state index in [0.717, 1.165) is 0 Å². The molecule has 0 unspecified atom stereocenters. The Morgan fingerprint density at radius 1 is 1.00 bits per heavy atom. The van der Waals surface area contributed by atoms with Crippen LogP contribution in [0.25, 0.3) is 0 Å². The molecule has 0 spiro atoms. The van der Waals surface area contributed by atoms with Crippen LogP contribution in [0, 0.1) is 23.9 Å². The lowest BCUT2D eigenvalue weighted by molar-refractivity contribution is 1.52. The van der Waals surface area contributed by atoms with Gasteiger partial charge in [0.25, 0.3) is 0 Å². The van der Waals surface area contributed by atoms with E-state index in [1.807, 2.05) is 0 Å². The maximum atomic E-state index is 4.80. The van der Waals surface area contributed by atoms with Crippen LogP contribution < -0.4 is 11.5 Å². The highest BCUT2D eigenvalue weighted by Gasteiger charge is 1.58. The van der Waals surface area contributed by atoms with Gasteiger partial charge in [-0.1, -0.05) is 11.8 Å². The third-order valence-corrected chi connectivity index (χ3v) is 0.381. The van der Waals surface area contributed by atoms with Gasteiger partial charge in [-0.25, -0.2) is 0 Å². The van der Waals surface area contributed by atoms with Crippen LogP contribution in [-0.4, -0.2) is 0 Å². The van der Waals surface area contributed by atoms with Crippen LogP contribution in [0.2, 0.25) is 0 Å². The Bertz CT molecular complexity index is 121. The first kappa shape index (κ1) is 5.72. The number of nitrogens with two attached hydrogens (primary N) is 2. The summed E-state index contributed by atoms with van der Waals surface area (Å²) >= 11 is 0. The predicted octanol–water partition coefficient (Wildman–Crippen LogP) is -0.784. The van der Waals surface area contributed by atoms with Crippen molar-refractivity contribution >= 4 is 0 Å². The highest BCUT2D eigenvalue weighted by molar-refractivity contribution is 5.07. The lowest BCUT2D eigenvalue weighted by Crippen LogP contribution is -1.77. The molecule has 0 bridgehead atoms. The highest BCUT2D eigenvalue weighted by Crippen LogP contribution is 1.62. The Labute approximate surface area is 42.9 Å². The monoisotopic (exact) mass is 94.1 g/mol. The van der Waals surface area contributed by atoms with Crippen LogP contribution in [0.5, 0.6) is 0 Å². The van der Waals surface area contributed by atoms with Crippen molar-refractivity contribution in [1.82, 2.24) is 0 Å². The molecule has 0 atom stereocenters. The topological polar surface area (TPSA) is 52.0 Å². The van der Waals surface area contributed by atoms with Crippen LogP contribution in [0.4, 0.5) is 0 Å². The zero-order valence-corrected chi connectivity index (χ0v) is 3.86. The van der Waals surface area contributed by atoms with Crippen LogP contribution in [-0.2, 0) is 0 Å². The summed E-state index contributed by atoms with van der Waals surface area (Å²) in [7, 11) is 0. The Kier molecular flexibility index (Phi) is 3.86. The molecule has 7 heavy (non-hydrogen) atoms. The van der Waals surface area contributed by atoms with Crippen molar-refractivity contribution < 1.29 is 0 Å². The summed E-state index contributed by atoms with van der Waals surface area (Å²) in [5.41, 5.74) is 9.60. The molecule has 0 aromatic carbocycles. The van der Waals surface area contributed by atoms with Gasteiger partial charge in [0.2, 0.25) is 0 Å². The van der Waals surface area contributed by atoms with E-state index in [1.54, 1.807) is 0 Å². The second kappa shape index (κ2) is 4.72. The number of rotatable bonds is 0. The third kappa shape index (κ3) is 4.72. The van der Waals surface area contributed by atoms with Gasteiger partial charge >= 0.3 is 0 Å². The van der Waals surface area contributed by atoms with Gasteiger partial charge in [0.15, 0.2) is 0 Å². The van der Waals surface area contributed by atoms with Crippen LogP contribution in [0.3, 0.4) is 0 Å². The van der Waals surface area contributed by atoms with Crippen LogP contribution >= 0.6 is 0 Å². The third-order valence-electron chi connectivity index (χ3n) is 0.381. The molecule has 0 aromatic rings. The Balaban J connectivity index is 3.21. The van der Waals surface area contributed by atoms with E-state index in [9.17, 15) is 0 Å². The average Bonchev–Trinajstić information content (AvgIpc) is 1.69. The molecular formula is C5H6N2. The highest BCUT2D eigenvalue weighted by atomic mass is 14.5. The molecule has 36 valence electrons. The summed E-state index contributed by atoms with van der Waals surface area (Å²) in [6, 6.07) is 4.39. The van der Waals surface area contributed by atoms with Crippen molar-refractivity contribution in [2.75, 3.05) is 0 Å². The van der Waals surface area contributed by atoms with E-state index < -0.39 is 0 Å². The molecule has 2 nitrogen and oxygen atoms in total. The zero-order chi connectivity index (χ0) is 5.54. The van der Waals surface area contributed by atoms with E-state index in [2.05, 4.69) is 23.9 Å². The Morgan fingerprint density at radius 2 is 1.43 bits per heavy atom. The van der Waals surface area contributed by atoms with Crippen molar-refractivity contribution in [2.24, 2.45) is 11.5 Å². The SMILES string of the molecule is NC#CCC#CN. The van der Waals surface area contributed by atoms with Gasteiger partial charge in [-0.2, -0.15) is 0 Å². The first-order valence-corrected chi connectivity index (χ1v) is 1.78. The molecule has 0 heterocycles. The molecule has 0 rings (SSSR count). The standard InChI is InChI=1S/C5H6N2/c6-4-2-1-3-5-7/h1,6-7H2. The molecular weight excluding hydrogens is 88.1 g/mol. The smallest absolute Gasteiger partial charge is 0.0739 e. The van der Waals surface area contributed by atoms with E-state index in [4.69, 9.17) is 11.5 Å². The molecule has 0 aliphatic carbocycles.